The summed E-state index contributed by atoms with van der Waals surface area (Å²) in [6.45, 7) is 11.9. The molecule has 3 aliphatic rings. The van der Waals surface area contributed by atoms with Gasteiger partial charge in [0.15, 0.2) is 0 Å². The van der Waals surface area contributed by atoms with Gasteiger partial charge in [0.2, 0.25) is 11.8 Å². The molecule has 3 aliphatic heterocycles. The van der Waals surface area contributed by atoms with Crippen LogP contribution in [0.15, 0.2) is 79.9 Å². The van der Waals surface area contributed by atoms with Crippen molar-refractivity contribution < 1.29 is 24.2 Å². The standard InChI is InChI=1S/C34H41N3O5S/c1-6-19-35(23-11-9-8-10-12-23)31(39)28-27-17-18-34(43-27)29(28)32(40)37(26(21-38)22(3)4)30(34)33(41)36(20-7-2)24-13-15-25(42-5)16-14-24/h6-16,22,26-30,38H,1-2,17-21H2,3-5H3/t26-,27+,28-,29-,30?,34?/m0/s1. The molecule has 2 aromatic carbocycles. The molecule has 1 N–H and O–H groups in total. The van der Waals surface area contributed by atoms with Crippen LogP contribution in [0.25, 0.3) is 0 Å². The first-order valence-corrected chi connectivity index (χ1v) is 15.8. The fraction of sp³-hybridized carbons (Fsp3) is 0.441. The molecule has 0 aliphatic carbocycles. The molecule has 3 amide bonds. The number of carbonyl (C=O) groups is 3. The Bertz CT molecular complexity index is 1370. The number of amides is 3. The lowest BCUT2D eigenvalue weighted by Crippen LogP contribution is -2.58. The van der Waals surface area contributed by atoms with Gasteiger partial charge in [-0.05, 0) is 55.2 Å². The summed E-state index contributed by atoms with van der Waals surface area (Å²) in [4.78, 5) is 48.8. The second-order valence-electron chi connectivity index (χ2n) is 11.8. The average Bonchev–Trinajstić information content (AvgIpc) is 3.66. The Kier molecular flexibility index (Phi) is 9.04. The Morgan fingerprint density at radius 3 is 2.21 bits per heavy atom. The van der Waals surface area contributed by atoms with Crippen molar-refractivity contribution in [1.82, 2.24) is 4.90 Å². The van der Waals surface area contributed by atoms with E-state index in [0.29, 0.717) is 24.4 Å². The van der Waals surface area contributed by atoms with Crippen LogP contribution in [0.4, 0.5) is 11.4 Å². The van der Waals surface area contributed by atoms with Gasteiger partial charge in [-0.1, -0.05) is 44.2 Å². The minimum Gasteiger partial charge on any atom is -0.497 e. The highest BCUT2D eigenvalue weighted by Gasteiger charge is 2.74. The minimum atomic E-state index is -0.844. The van der Waals surface area contributed by atoms with E-state index in [1.165, 1.54) is 0 Å². The van der Waals surface area contributed by atoms with Crippen LogP contribution in [-0.4, -0.2) is 76.6 Å². The van der Waals surface area contributed by atoms with Crippen LogP contribution < -0.4 is 14.5 Å². The number of methoxy groups -OCH3 is 1. The van der Waals surface area contributed by atoms with Crippen LogP contribution in [0.5, 0.6) is 5.75 Å². The summed E-state index contributed by atoms with van der Waals surface area (Å²) >= 11 is 1.63. The van der Waals surface area contributed by atoms with Gasteiger partial charge in [-0.25, -0.2) is 0 Å². The van der Waals surface area contributed by atoms with E-state index < -0.39 is 28.7 Å². The van der Waals surface area contributed by atoms with E-state index in [1.807, 2.05) is 56.3 Å². The Morgan fingerprint density at radius 1 is 1.05 bits per heavy atom. The maximum Gasteiger partial charge on any atom is 0.251 e. The predicted molar refractivity (Wildman–Crippen MR) is 171 cm³/mol. The van der Waals surface area contributed by atoms with Crippen LogP contribution in [0.1, 0.15) is 26.7 Å². The van der Waals surface area contributed by atoms with Gasteiger partial charge < -0.3 is 24.5 Å². The highest BCUT2D eigenvalue weighted by Crippen LogP contribution is 2.67. The molecule has 2 bridgehead atoms. The molecule has 2 aromatic rings. The van der Waals surface area contributed by atoms with Crippen LogP contribution in [-0.2, 0) is 14.4 Å². The number of likely N-dealkylation sites (tertiary alicyclic amines) is 1. The van der Waals surface area contributed by atoms with E-state index in [-0.39, 0.29) is 42.0 Å². The van der Waals surface area contributed by atoms with Gasteiger partial charge in [0.25, 0.3) is 5.91 Å². The Balaban J connectivity index is 1.60. The highest BCUT2D eigenvalue weighted by molar-refractivity contribution is 8.02. The van der Waals surface area contributed by atoms with Gasteiger partial charge in [-0.3, -0.25) is 14.4 Å². The molecule has 6 atom stereocenters. The second-order valence-corrected chi connectivity index (χ2v) is 13.4. The van der Waals surface area contributed by atoms with Crippen molar-refractivity contribution in [2.75, 3.05) is 36.6 Å². The van der Waals surface area contributed by atoms with Crippen molar-refractivity contribution in [3.63, 3.8) is 0 Å². The Labute approximate surface area is 258 Å². The third-order valence-electron chi connectivity index (χ3n) is 9.18. The molecule has 3 saturated heterocycles. The molecule has 8 nitrogen and oxygen atoms in total. The van der Waals surface area contributed by atoms with Gasteiger partial charge in [-0.15, -0.1) is 24.9 Å². The quantitative estimate of drug-likeness (QED) is 0.359. The van der Waals surface area contributed by atoms with E-state index in [2.05, 4.69) is 13.2 Å². The van der Waals surface area contributed by atoms with Crippen LogP contribution in [0.3, 0.4) is 0 Å². The second kappa shape index (κ2) is 12.6. The first kappa shape index (κ1) is 30.9. The van der Waals surface area contributed by atoms with E-state index in [9.17, 15) is 19.5 Å². The Morgan fingerprint density at radius 2 is 1.65 bits per heavy atom. The number of para-hydroxylation sites is 1. The van der Waals surface area contributed by atoms with Gasteiger partial charge >= 0.3 is 0 Å². The number of fused-ring (bicyclic) bond motifs is 1. The molecule has 0 saturated carbocycles. The zero-order valence-electron chi connectivity index (χ0n) is 25.1. The third-order valence-corrected chi connectivity index (χ3v) is 11.1. The SMILES string of the molecule is C=CCN(C(=O)C1N([C@@H](CO)C(C)C)C(=O)[C@@H]2[C@@H](C(=O)N(CC=C)c3ccccc3)[C@H]3CCC12S3)c1ccc(OC)cc1. The molecule has 3 fully saturated rings. The number of anilines is 2. The van der Waals surface area contributed by atoms with E-state index in [0.717, 1.165) is 12.1 Å². The molecule has 228 valence electrons. The normalized spacial score (nSPS) is 26.3. The Hall–Kier alpha value is -3.56. The van der Waals surface area contributed by atoms with Crippen LogP contribution in [0, 0.1) is 17.8 Å². The zero-order chi connectivity index (χ0) is 30.9. The van der Waals surface area contributed by atoms with Crippen LogP contribution >= 0.6 is 11.8 Å². The largest absolute Gasteiger partial charge is 0.497 e. The maximum absolute atomic E-state index is 14.8. The lowest BCUT2D eigenvalue weighted by Gasteiger charge is -2.40. The lowest BCUT2D eigenvalue weighted by molar-refractivity contribution is -0.142. The molecule has 9 heteroatoms. The van der Waals surface area contributed by atoms with Crippen molar-refractivity contribution in [2.24, 2.45) is 17.8 Å². The topological polar surface area (TPSA) is 90.4 Å². The average molecular weight is 604 g/mol. The molecular formula is C34H41N3O5S. The number of ether oxygens (including phenoxy) is 1. The number of rotatable bonds is 12. The minimum absolute atomic E-state index is 0.0876. The number of hydrogen-bond acceptors (Lipinski definition) is 6. The summed E-state index contributed by atoms with van der Waals surface area (Å²) in [6, 6.07) is 15.3. The van der Waals surface area contributed by atoms with Crippen molar-refractivity contribution >= 4 is 40.9 Å². The summed E-state index contributed by atoms with van der Waals surface area (Å²) in [5.41, 5.74) is 1.41. The number of carbonyl (C=O) groups excluding carboxylic acids is 3. The van der Waals surface area contributed by atoms with Crippen LogP contribution in [0.2, 0.25) is 0 Å². The number of hydrogen-bond donors (Lipinski definition) is 1. The zero-order valence-corrected chi connectivity index (χ0v) is 25.9. The summed E-state index contributed by atoms with van der Waals surface area (Å²) in [7, 11) is 1.59. The molecule has 0 radical (unpaired) electrons. The number of nitrogens with zero attached hydrogens (tertiary/aromatic N) is 3. The van der Waals surface area contributed by atoms with E-state index in [1.54, 1.807) is 57.9 Å². The highest BCUT2D eigenvalue weighted by atomic mass is 32.2. The first-order valence-electron chi connectivity index (χ1n) is 14.9. The number of thioether (sulfide) groups is 1. The number of aliphatic hydroxyl groups is 1. The summed E-state index contributed by atoms with van der Waals surface area (Å²) < 4.78 is 4.53. The van der Waals surface area contributed by atoms with Gasteiger partial charge in [0, 0.05) is 29.7 Å². The van der Waals surface area contributed by atoms with Gasteiger partial charge in [0.1, 0.15) is 11.8 Å². The summed E-state index contributed by atoms with van der Waals surface area (Å²) in [6.07, 6.45) is 4.74. The van der Waals surface area contributed by atoms with Gasteiger partial charge in [0.05, 0.1) is 36.3 Å². The fourth-order valence-corrected chi connectivity index (χ4v) is 9.42. The number of benzene rings is 2. The van der Waals surface area contributed by atoms with Gasteiger partial charge in [-0.2, -0.15) is 0 Å². The summed E-state index contributed by atoms with van der Waals surface area (Å²) in [5.74, 6) is -1.28. The number of aliphatic hydroxyl groups excluding tert-OH is 1. The third kappa shape index (κ3) is 5.16. The van der Waals surface area contributed by atoms with E-state index in [4.69, 9.17) is 4.74 Å². The molecular weight excluding hydrogens is 562 g/mol. The maximum atomic E-state index is 14.8. The van der Waals surface area contributed by atoms with Crippen molar-refractivity contribution in [3.05, 3.63) is 79.9 Å². The smallest absolute Gasteiger partial charge is 0.251 e. The molecule has 0 aromatic heterocycles. The first-order chi connectivity index (χ1) is 20.7. The fourth-order valence-electron chi connectivity index (χ4n) is 7.23. The summed E-state index contributed by atoms with van der Waals surface area (Å²) in [5, 5.41) is 10.5. The molecule has 1 spiro atoms. The molecule has 5 rings (SSSR count). The molecule has 43 heavy (non-hydrogen) atoms. The monoisotopic (exact) mass is 603 g/mol. The van der Waals surface area contributed by atoms with Crippen molar-refractivity contribution in [1.29, 1.82) is 0 Å². The predicted octanol–water partition coefficient (Wildman–Crippen LogP) is 4.54. The van der Waals surface area contributed by atoms with E-state index >= 15 is 0 Å². The molecule has 2 unspecified atom stereocenters. The van der Waals surface area contributed by atoms with Crippen molar-refractivity contribution in [2.45, 2.75) is 48.8 Å². The molecule has 3 heterocycles. The van der Waals surface area contributed by atoms with Crippen molar-refractivity contribution in [3.8, 4) is 5.75 Å². The lowest BCUT2D eigenvalue weighted by atomic mass is 9.70.